The van der Waals surface area contributed by atoms with Crippen LogP contribution in [-0.2, 0) is 0 Å². The number of hydrogen-bond donors (Lipinski definition) is 0. The number of aromatic nitrogens is 2. The molecule has 80 valence electrons. The van der Waals surface area contributed by atoms with E-state index in [2.05, 4.69) is 4.98 Å². The number of imidazole rings is 1. The first-order chi connectivity index (χ1) is 7.75. The second kappa shape index (κ2) is 3.77. The molecular weight excluding hydrogens is 263 g/mol. The van der Waals surface area contributed by atoms with Gasteiger partial charge in [0, 0.05) is 0 Å². The van der Waals surface area contributed by atoms with E-state index in [9.17, 15) is 0 Å². The summed E-state index contributed by atoms with van der Waals surface area (Å²) in [7, 11) is 0. The Labute approximate surface area is 106 Å². The van der Waals surface area contributed by atoms with Crippen LogP contribution in [0.5, 0.6) is 0 Å². The number of thiophene rings is 1. The predicted molar refractivity (Wildman–Crippen MR) is 68.5 cm³/mol. The first-order valence-corrected chi connectivity index (χ1v) is 6.20. The van der Waals surface area contributed by atoms with Crippen molar-refractivity contribution in [3.05, 3.63) is 46.0 Å². The van der Waals surface area contributed by atoms with E-state index in [-0.39, 0.29) is 0 Å². The Morgan fingerprint density at radius 3 is 2.75 bits per heavy atom. The van der Waals surface area contributed by atoms with Crippen LogP contribution in [0.1, 0.15) is 0 Å². The summed E-state index contributed by atoms with van der Waals surface area (Å²) in [5.41, 5.74) is 0.979. The molecule has 0 fully saturated rings. The normalized spacial score (nSPS) is 11.1. The number of halogens is 2. The number of fused-ring (bicyclic) bond motifs is 1. The molecule has 0 bridgehead atoms. The fourth-order valence-corrected chi connectivity index (χ4v) is 2.90. The zero-order valence-corrected chi connectivity index (χ0v) is 10.4. The van der Waals surface area contributed by atoms with Gasteiger partial charge in [0.05, 0.1) is 20.9 Å². The molecule has 0 radical (unpaired) electrons. The van der Waals surface area contributed by atoms with E-state index in [1.807, 2.05) is 34.7 Å². The first kappa shape index (κ1) is 10.1. The lowest BCUT2D eigenvalue weighted by Gasteiger charge is -2.00. The molecule has 3 rings (SSSR count). The molecule has 2 nitrogen and oxygen atoms in total. The van der Waals surface area contributed by atoms with Crippen molar-refractivity contribution in [2.45, 2.75) is 0 Å². The van der Waals surface area contributed by atoms with Crippen LogP contribution < -0.4 is 0 Å². The van der Waals surface area contributed by atoms with Crippen LogP contribution in [0.4, 0.5) is 0 Å². The maximum Gasteiger partial charge on any atom is 0.155 e. The topological polar surface area (TPSA) is 17.3 Å². The monoisotopic (exact) mass is 268 g/mol. The molecule has 0 amide bonds. The Hall–Kier alpha value is -1.03. The Balaban J connectivity index is 2.32. The van der Waals surface area contributed by atoms with Gasteiger partial charge in [-0.25, -0.2) is 4.98 Å². The van der Waals surface area contributed by atoms with Gasteiger partial charge in [-0.1, -0.05) is 29.3 Å². The van der Waals surface area contributed by atoms with Gasteiger partial charge in [0.15, 0.2) is 5.82 Å². The summed E-state index contributed by atoms with van der Waals surface area (Å²) < 4.78 is 2.66. The zero-order valence-electron chi connectivity index (χ0n) is 8.02. The summed E-state index contributed by atoms with van der Waals surface area (Å²) in [6.07, 6.45) is 1.80. The number of nitrogens with zero attached hydrogens (tertiary/aromatic N) is 2. The summed E-state index contributed by atoms with van der Waals surface area (Å²) in [5.74, 6) is 0.831. The van der Waals surface area contributed by atoms with Gasteiger partial charge in [-0.05, 0) is 24.3 Å². The maximum absolute atomic E-state index is 6.15. The van der Waals surface area contributed by atoms with Crippen LogP contribution >= 0.6 is 34.5 Å². The minimum absolute atomic E-state index is 0.648. The van der Waals surface area contributed by atoms with Gasteiger partial charge in [0.25, 0.3) is 0 Å². The summed E-state index contributed by atoms with van der Waals surface area (Å²) in [6, 6.07) is 9.53. The summed E-state index contributed by atoms with van der Waals surface area (Å²) in [4.78, 5) is 5.38. The lowest BCUT2D eigenvalue weighted by Crippen LogP contribution is -1.88. The van der Waals surface area contributed by atoms with E-state index in [0.29, 0.717) is 5.15 Å². The van der Waals surface area contributed by atoms with E-state index >= 15 is 0 Å². The quantitative estimate of drug-likeness (QED) is 0.599. The molecule has 0 saturated heterocycles. The summed E-state index contributed by atoms with van der Waals surface area (Å²) >= 11 is 13.6. The van der Waals surface area contributed by atoms with Gasteiger partial charge in [0.2, 0.25) is 0 Å². The van der Waals surface area contributed by atoms with Crippen LogP contribution in [0.15, 0.2) is 36.5 Å². The van der Waals surface area contributed by atoms with Crippen molar-refractivity contribution < 1.29 is 0 Å². The SMILES string of the molecule is Clc1ccc(-c2ncc3cccc(Cl)n23)s1. The highest BCUT2D eigenvalue weighted by Gasteiger charge is 2.10. The molecule has 0 N–H and O–H groups in total. The molecule has 0 aromatic carbocycles. The highest BCUT2D eigenvalue weighted by molar-refractivity contribution is 7.19. The van der Waals surface area contributed by atoms with Crippen LogP contribution in [-0.4, -0.2) is 9.38 Å². The van der Waals surface area contributed by atoms with Gasteiger partial charge in [-0.3, -0.25) is 4.40 Å². The van der Waals surface area contributed by atoms with E-state index < -0.39 is 0 Å². The van der Waals surface area contributed by atoms with Gasteiger partial charge in [0.1, 0.15) is 5.15 Å². The smallest absolute Gasteiger partial charge is 0.155 e. The van der Waals surface area contributed by atoms with E-state index in [1.54, 1.807) is 6.20 Å². The molecular formula is C11H6Cl2N2S. The van der Waals surface area contributed by atoms with Gasteiger partial charge in [-0.2, -0.15) is 0 Å². The van der Waals surface area contributed by atoms with Crippen LogP contribution in [0.3, 0.4) is 0 Å². The second-order valence-corrected chi connectivity index (χ2v) is 5.40. The van der Waals surface area contributed by atoms with Gasteiger partial charge in [-0.15, -0.1) is 11.3 Å². The minimum atomic E-state index is 0.648. The molecule has 0 unspecified atom stereocenters. The summed E-state index contributed by atoms with van der Waals surface area (Å²) in [5, 5.41) is 0.648. The molecule has 16 heavy (non-hydrogen) atoms. The predicted octanol–water partition coefficient (Wildman–Crippen LogP) is 4.37. The third kappa shape index (κ3) is 1.52. The van der Waals surface area contributed by atoms with Crippen molar-refractivity contribution in [1.29, 1.82) is 0 Å². The molecule has 0 aliphatic rings. The molecule has 5 heteroatoms. The molecule has 3 aromatic heterocycles. The van der Waals surface area contributed by atoms with E-state index in [1.165, 1.54) is 11.3 Å². The third-order valence-electron chi connectivity index (χ3n) is 2.30. The average Bonchev–Trinajstić information content (AvgIpc) is 2.84. The van der Waals surface area contributed by atoms with Crippen molar-refractivity contribution in [1.82, 2.24) is 9.38 Å². The largest absolute Gasteiger partial charge is 0.282 e. The fourth-order valence-electron chi connectivity index (χ4n) is 1.62. The average molecular weight is 269 g/mol. The van der Waals surface area contributed by atoms with Gasteiger partial charge >= 0.3 is 0 Å². The molecule has 0 saturated carbocycles. The van der Waals surface area contributed by atoms with Crippen molar-refractivity contribution in [2.75, 3.05) is 0 Å². The fraction of sp³-hybridized carbons (Fsp3) is 0. The maximum atomic E-state index is 6.15. The molecule has 0 aliphatic heterocycles. The highest BCUT2D eigenvalue weighted by Crippen LogP contribution is 2.31. The molecule has 0 spiro atoms. The molecule has 0 aliphatic carbocycles. The zero-order chi connectivity index (χ0) is 11.1. The Bertz CT molecular complexity index is 657. The minimum Gasteiger partial charge on any atom is -0.282 e. The summed E-state index contributed by atoms with van der Waals surface area (Å²) in [6.45, 7) is 0. The van der Waals surface area contributed by atoms with Crippen LogP contribution in [0.25, 0.3) is 16.2 Å². The standard InChI is InChI=1S/C11H6Cl2N2S/c12-9-3-1-2-7-6-14-11(15(7)9)8-4-5-10(13)16-8/h1-6H. The molecule has 0 atom stereocenters. The molecule has 3 heterocycles. The molecule has 3 aromatic rings. The third-order valence-corrected chi connectivity index (χ3v) is 3.82. The van der Waals surface area contributed by atoms with Crippen molar-refractivity contribution in [2.24, 2.45) is 0 Å². The van der Waals surface area contributed by atoms with E-state index in [0.717, 1.165) is 20.6 Å². The lowest BCUT2D eigenvalue weighted by molar-refractivity contribution is 1.17. The second-order valence-electron chi connectivity index (χ2n) is 3.29. The Morgan fingerprint density at radius 1 is 1.12 bits per heavy atom. The lowest BCUT2D eigenvalue weighted by atomic mass is 10.4. The Morgan fingerprint density at radius 2 is 2.00 bits per heavy atom. The van der Waals surface area contributed by atoms with Crippen molar-refractivity contribution in [3.8, 4) is 10.7 Å². The number of hydrogen-bond acceptors (Lipinski definition) is 2. The van der Waals surface area contributed by atoms with E-state index in [4.69, 9.17) is 23.2 Å². The number of pyridine rings is 1. The van der Waals surface area contributed by atoms with Crippen LogP contribution in [0, 0.1) is 0 Å². The highest BCUT2D eigenvalue weighted by atomic mass is 35.5. The van der Waals surface area contributed by atoms with Gasteiger partial charge < -0.3 is 0 Å². The number of rotatable bonds is 1. The van der Waals surface area contributed by atoms with Crippen molar-refractivity contribution >= 4 is 40.1 Å². The van der Waals surface area contributed by atoms with Crippen molar-refractivity contribution in [3.63, 3.8) is 0 Å². The Kier molecular flexibility index (Phi) is 2.39. The first-order valence-electron chi connectivity index (χ1n) is 4.63. The van der Waals surface area contributed by atoms with Crippen LogP contribution in [0.2, 0.25) is 9.49 Å².